The van der Waals surface area contributed by atoms with Gasteiger partial charge in [0, 0.05) is 31.0 Å². The van der Waals surface area contributed by atoms with Crippen molar-refractivity contribution in [3.63, 3.8) is 0 Å². The highest BCUT2D eigenvalue weighted by Gasteiger charge is 2.16. The van der Waals surface area contributed by atoms with Gasteiger partial charge in [-0.15, -0.1) is 0 Å². The molecule has 3 aromatic carbocycles. The molecule has 0 spiro atoms. The summed E-state index contributed by atoms with van der Waals surface area (Å²) in [6.07, 6.45) is 0. The highest BCUT2D eigenvalue weighted by molar-refractivity contribution is 7.92. The molecule has 1 heterocycles. The first-order chi connectivity index (χ1) is 14.8. The van der Waals surface area contributed by atoms with E-state index in [0.29, 0.717) is 22.5 Å². The standard InChI is InChI=1S/C22H20N4O4S/c1-25-19-13-10-17(14-20(19)26(2)22(25)28)23-21(27)15-8-11-18(12-9-15)31(29,30)24-16-6-4-3-5-7-16/h3-14,24H,1-2H3,(H,23,27). The molecule has 1 amide bonds. The molecule has 0 saturated heterocycles. The third-order valence-electron chi connectivity index (χ3n) is 4.98. The fourth-order valence-electron chi connectivity index (χ4n) is 3.29. The lowest BCUT2D eigenvalue weighted by atomic mass is 10.2. The molecule has 2 N–H and O–H groups in total. The molecule has 0 aliphatic rings. The number of hydrogen-bond donors (Lipinski definition) is 2. The van der Waals surface area contributed by atoms with Crippen LogP contribution in [0.3, 0.4) is 0 Å². The molecule has 0 unspecified atom stereocenters. The quantitative estimate of drug-likeness (QED) is 0.502. The molecule has 0 bridgehead atoms. The second kappa shape index (κ2) is 7.77. The summed E-state index contributed by atoms with van der Waals surface area (Å²) in [6, 6.07) is 19.4. The van der Waals surface area contributed by atoms with Gasteiger partial charge in [0.05, 0.1) is 15.9 Å². The van der Waals surface area contributed by atoms with Crippen molar-refractivity contribution in [3.05, 3.63) is 88.8 Å². The summed E-state index contributed by atoms with van der Waals surface area (Å²) in [5.74, 6) is -0.389. The molecule has 0 saturated carbocycles. The zero-order chi connectivity index (χ0) is 22.2. The molecule has 158 valence electrons. The van der Waals surface area contributed by atoms with E-state index in [4.69, 9.17) is 0 Å². The van der Waals surface area contributed by atoms with Gasteiger partial charge in [0.2, 0.25) is 0 Å². The second-order valence-corrected chi connectivity index (χ2v) is 8.74. The van der Waals surface area contributed by atoms with Gasteiger partial charge < -0.3 is 5.32 Å². The van der Waals surface area contributed by atoms with Gasteiger partial charge in [0.25, 0.3) is 15.9 Å². The molecule has 4 aromatic rings. The third-order valence-corrected chi connectivity index (χ3v) is 6.38. The minimum Gasteiger partial charge on any atom is -0.322 e. The normalized spacial score (nSPS) is 11.4. The molecular weight excluding hydrogens is 416 g/mol. The molecule has 8 nitrogen and oxygen atoms in total. The number of nitrogens with one attached hydrogen (secondary N) is 2. The van der Waals surface area contributed by atoms with Crippen LogP contribution in [-0.2, 0) is 24.1 Å². The molecule has 4 rings (SSSR count). The van der Waals surface area contributed by atoms with Crippen LogP contribution < -0.4 is 15.7 Å². The van der Waals surface area contributed by atoms with Gasteiger partial charge in [-0.1, -0.05) is 18.2 Å². The number of fused-ring (bicyclic) bond motifs is 1. The first-order valence-corrected chi connectivity index (χ1v) is 10.9. The van der Waals surface area contributed by atoms with Crippen LogP contribution in [0.25, 0.3) is 11.0 Å². The van der Waals surface area contributed by atoms with Crippen molar-refractivity contribution in [3.8, 4) is 0 Å². The third kappa shape index (κ3) is 3.95. The largest absolute Gasteiger partial charge is 0.328 e. The first kappa shape index (κ1) is 20.4. The van der Waals surface area contributed by atoms with Gasteiger partial charge >= 0.3 is 5.69 Å². The Kier molecular flexibility index (Phi) is 5.12. The summed E-state index contributed by atoms with van der Waals surface area (Å²) < 4.78 is 30.6. The van der Waals surface area contributed by atoms with Crippen LogP contribution in [0.4, 0.5) is 11.4 Å². The maximum absolute atomic E-state index is 12.6. The lowest BCUT2D eigenvalue weighted by Crippen LogP contribution is -2.19. The van der Waals surface area contributed by atoms with Crippen LogP contribution in [0.15, 0.2) is 82.5 Å². The number of amides is 1. The molecule has 1 aromatic heterocycles. The maximum Gasteiger partial charge on any atom is 0.328 e. The van der Waals surface area contributed by atoms with Crippen LogP contribution in [0.1, 0.15) is 10.4 Å². The number of carbonyl (C=O) groups excluding carboxylic acids is 1. The van der Waals surface area contributed by atoms with E-state index in [1.165, 1.54) is 33.4 Å². The summed E-state index contributed by atoms with van der Waals surface area (Å²) in [7, 11) is -0.411. The highest BCUT2D eigenvalue weighted by Crippen LogP contribution is 2.20. The van der Waals surface area contributed by atoms with E-state index in [9.17, 15) is 18.0 Å². The van der Waals surface area contributed by atoms with Crippen molar-refractivity contribution in [2.75, 3.05) is 10.0 Å². The van der Waals surface area contributed by atoms with Crippen LogP contribution in [0.5, 0.6) is 0 Å². The van der Waals surface area contributed by atoms with Crippen molar-refractivity contribution in [1.29, 1.82) is 0 Å². The van der Waals surface area contributed by atoms with Gasteiger partial charge in [-0.05, 0) is 54.6 Å². The van der Waals surface area contributed by atoms with Crippen LogP contribution >= 0.6 is 0 Å². The smallest absolute Gasteiger partial charge is 0.322 e. The number of imidazole rings is 1. The van der Waals surface area contributed by atoms with E-state index >= 15 is 0 Å². The number of aromatic nitrogens is 2. The molecule has 0 atom stereocenters. The Balaban J connectivity index is 1.53. The van der Waals surface area contributed by atoms with Crippen LogP contribution in [-0.4, -0.2) is 23.5 Å². The SMILES string of the molecule is Cn1c(=O)n(C)c2cc(NC(=O)c3ccc(S(=O)(=O)Nc4ccccc4)cc3)ccc21. The zero-order valence-corrected chi connectivity index (χ0v) is 17.7. The van der Waals surface area contributed by atoms with E-state index in [2.05, 4.69) is 10.0 Å². The van der Waals surface area contributed by atoms with Crippen molar-refractivity contribution >= 4 is 38.3 Å². The van der Waals surface area contributed by atoms with Gasteiger partial charge in [0.1, 0.15) is 0 Å². The molecule has 0 fully saturated rings. The predicted octanol–water partition coefficient (Wildman–Crippen LogP) is 2.93. The Morgan fingerprint density at radius 1 is 0.806 bits per heavy atom. The number of benzene rings is 3. The number of aryl methyl sites for hydroxylation is 2. The number of para-hydroxylation sites is 1. The topological polar surface area (TPSA) is 102 Å². The van der Waals surface area contributed by atoms with E-state index in [1.807, 2.05) is 0 Å². The second-order valence-electron chi connectivity index (χ2n) is 7.05. The van der Waals surface area contributed by atoms with Gasteiger partial charge in [0.15, 0.2) is 0 Å². The van der Waals surface area contributed by atoms with Crippen molar-refractivity contribution in [2.24, 2.45) is 14.1 Å². The number of sulfonamides is 1. The monoisotopic (exact) mass is 436 g/mol. The molecule has 31 heavy (non-hydrogen) atoms. The average Bonchev–Trinajstić information content (AvgIpc) is 2.98. The molecule has 9 heteroatoms. The summed E-state index contributed by atoms with van der Waals surface area (Å²) in [5.41, 5.74) is 2.58. The predicted molar refractivity (Wildman–Crippen MR) is 120 cm³/mol. The van der Waals surface area contributed by atoms with E-state index in [-0.39, 0.29) is 16.5 Å². The molecule has 0 aliphatic carbocycles. The number of anilines is 2. The lowest BCUT2D eigenvalue weighted by molar-refractivity contribution is 0.102. The average molecular weight is 436 g/mol. The highest BCUT2D eigenvalue weighted by atomic mass is 32.2. The molecule has 0 radical (unpaired) electrons. The zero-order valence-electron chi connectivity index (χ0n) is 16.9. The minimum absolute atomic E-state index is 0.0496. The van der Waals surface area contributed by atoms with Crippen LogP contribution in [0.2, 0.25) is 0 Å². The molecule has 0 aliphatic heterocycles. The summed E-state index contributed by atoms with van der Waals surface area (Å²) in [4.78, 5) is 24.7. The fourth-order valence-corrected chi connectivity index (χ4v) is 4.35. The Bertz CT molecular complexity index is 1440. The summed E-state index contributed by atoms with van der Waals surface area (Å²) >= 11 is 0. The molecular formula is C22H20N4O4S. The maximum atomic E-state index is 12.6. The summed E-state index contributed by atoms with van der Waals surface area (Å²) in [5, 5.41) is 2.78. The Labute approximate surface area is 178 Å². The number of nitrogens with zero attached hydrogens (tertiary/aromatic N) is 2. The van der Waals surface area contributed by atoms with E-state index in [1.54, 1.807) is 62.6 Å². The fraction of sp³-hybridized carbons (Fsp3) is 0.0909. The Hall–Kier alpha value is -3.85. The lowest BCUT2D eigenvalue weighted by Gasteiger charge is -2.09. The van der Waals surface area contributed by atoms with Gasteiger partial charge in [-0.2, -0.15) is 0 Å². The van der Waals surface area contributed by atoms with E-state index < -0.39 is 10.0 Å². The Morgan fingerprint density at radius 2 is 1.45 bits per heavy atom. The number of rotatable bonds is 5. The van der Waals surface area contributed by atoms with Crippen LogP contribution in [0, 0.1) is 0 Å². The summed E-state index contributed by atoms with van der Waals surface area (Å²) in [6.45, 7) is 0. The Morgan fingerprint density at radius 3 is 2.13 bits per heavy atom. The van der Waals surface area contributed by atoms with Gasteiger partial charge in [-0.25, -0.2) is 13.2 Å². The number of hydrogen-bond acceptors (Lipinski definition) is 4. The van der Waals surface area contributed by atoms with Crippen molar-refractivity contribution < 1.29 is 13.2 Å². The van der Waals surface area contributed by atoms with Crippen molar-refractivity contribution in [1.82, 2.24) is 9.13 Å². The number of carbonyl (C=O) groups is 1. The first-order valence-electron chi connectivity index (χ1n) is 9.41. The van der Waals surface area contributed by atoms with E-state index in [0.717, 1.165) is 5.52 Å². The van der Waals surface area contributed by atoms with Crippen molar-refractivity contribution in [2.45, 2.75) is 4.90 Å². The minimum atomic E-state index is -3.76. The van der Waals surface area contributed by atoms with Gasteiger partial charge in [-0.3, -0.25) is 18.7 Å².